The molecule has 1 aromatic rings. The predicted molar refractivity (Wildman–Crippen MR) is 129 cm³/mol. The molecule has 29 heavy (non-hydrogen) atoms. The summed E-state index contributed by atoms with van der Waals surface area (Å²) in [7, 11) is 1.64. The third kappa shape index (κ3) is 7.29. The number of aliphatic hydroxyl groups is 1. The van der Waals surface area contributed by atoms with Gasteiger partial charge in [0, 0.05) is 31.7 Å². The highest BCUT2D eigenvalue weighted by Crippen LogP contribution is 2.26. The molecule has 2 fully saturated rings. The maximum absolute atomic E-state index is 10.5. The van der Waals surface area contributed by atoms with E-state index in [-0.39, 0.29) is 24.0 Å². The topological polar surface area (TPSA) is 69.1 Å². The molecule has 1 heterocycles. The van der Waals surface area contributed by atoms with E-state index in [9.17, 15) is 5.11 Å². The Morgan fingerprint density at radius 1 is 1.17 bits per heavy atom. The van der Waals surface area contributed by atoms with Crippen LogP contribution in [0, 0.1) is 0 Å². The Bertz CT molecular complexity index is 612. The van der Waals surface area contributed by atoms with Gasteiger partial charge in [-0.1, -0.05) is 25.0 Å². The monoisotopic (exact) mass is 516 g/mol. The van der Waals surface area contributed by atoms with Crippen LogP contribution in [0.15, 0.2) is 29.3 Å². The van der Waals surface area contributed by atoms with Crippen molar-refractivity contribution in [3.8, 4) is 5.75 Å². The summed E-state index contributed by atoms with van der Waals surface area (Å²) in [5.74, 6) is 1.59. The molecule has 1 aliphatic heterocycles. The number of halogens is 1. The lowest BCUT2D eigenvalue weighted by Crippen LogP contribution is -2.50. The molecular formula is C22H37IN4O2. The molecule has 0 radical (unpaired) electrons. The lowest BCUT2D eigenvalue weighted by Gasteiger charge is -2.36. The Hall–Kier alpha value is -1.06. The first-order valence-electron chi connectivity index (χ1n) is 10.8. The zero-order valence-corrected chi connectivity index (χ0v) is 20.1. The molecule has 7 heteroatoms. The average molecular weight is 516 g/mol. The number of nitrogens with one attached hydrogen (secondary N) is 2. The van der Waals surface area contributed by atoms with Crippen molar-refractivity contribution in [1.82, 2.24) is 15.5 Å². The molecule has 2 aliphatic rings. The Kier molecular flexibility index (Phi) is 10.5. The molecule has 0 bridgehead atoms. The minimum absolute atomic E-state index is 0. The smallest absolute Gasteiger partial charge is 0.191 e. The quantitative estimate of drug-likeness (QED) is 0.295. The van der Waals surface area contributed by atoms with Crippen molar-refractivity contribution in [3.05, 3.63) is 29.8 Å². The second-order valence-electron chi connectivity index (χ2n) is 7.90. The van der Waals surface area contributed by atoms with Crippen LogP contribution >= 0.6 is 24.0 Å². The molecule has 1 aliphatic carbocycles. The van der Waals surface area contributed by atoms with Crippen LogP contribution < -0.4 is 15.4 Å². The van der Waals surface area contributed by atoms with Gasteiger partial charge < -0.3 is 25.4 Å². The molecule has 0 amide bonds. The van der Waals surface area contributed by atoms with Gasteiger partial charge in [0.05, 0.1) is 19.8 Å². The van der Waals surface area contributed by atoms with Gasteiger partial charge in [0.25, 0.3) is 0 Å². The number of nitrogens with zero attached hydrogens (tertiary/aromatic N) is 2. The maximum Gasteiger partial charge on any atom is 0.191 e. The number of hydrogen-bond donors (Lipinski definition) is 3. The molecular weight excluding hydrogens is 479 g/mol. The third-order valence-corrected chi connectivity index (χ3v) is 5.98. The van der Waals surface area contributed by atoms with Crippen LogP contribution in [0.25, 0.3) is 0 Å². The molecule has 3 N–H and O–H groups in total. The summed E-state index contributed by atoms with van der Waals surface area (Å²) in [4.78, 5) is 7.31. The highest BCUT2D eigenvalue weighted by molar-refractivity contribution is 14.0. The fourth-order valence-corrected chi connectivity index (χ4v) is 4.30. The average Bonchev–Trinajstić information content (AvgIpc) is 3.27. The van der Waals surface area contributed by atoms with Gasteiger partial charge in [-0.05, 0) is 50.3 Å². The van der Waals surface area contributed by atoms with E-state index in [1.54, 1.807) is 7.11 Å². The van der Waals surface area contributed by atoms with Crippen LogP contribution in [0.1, 0.15) is 57.1 Å². The van der Waals surface area contributed by atoms with E-state index < -0.39 is 6.10 Å². The maximum atomic E-state index is 10.5. The van der Waals surface area contributed by atoms with Crippen LogP contribution in [0.3, 0.4) is 0 Å². The standard InChI is InChI=1S/C22H36N4O2.HI/c1-3-23-22(24-16-21(27)17-8-10-20(28-2)11-9-17)25-18-12-14-26(15-13-18)19-6-4-5-7-19;/h8-11,18-19,21,27H,3-7,12-16H2,1-2H3,(H2,23,24,25);1H. The van der Waals surface area contributed by atoms with Crippen molar-refractivity contribution < 1.29 is 9.84 Å². The summed E-state index contributed by atoms with van der Waals surface area (Å²) < 4.78 is 5.17. The first kappa shape index (κ1) is 24.2. The summed E-state index contributed by atoms with van der Waals surface area (Å²) in [5, 5.41) is 17.3. The molecule has 1 unspecified atom stereocenters. The van der Waals surface area contributed by atoms with E-state index in [0.717, 1.165) is 42.7 Å². The largest absolute Gasteiger partial charge is 0.497 e. The minimum atomic E-state index is -0.620. The van der Waals surface area contributed by atoms with Gasteiger partial charge in [-0.3, -0.25) is 4.99 Å². The Labute approximate surface area is 192 Å². The van der Waals surface area contributed by atoms with E-state index in [4.69, 9.17) is 4.74 Å². The molecule has 0 aromatic heterocycles. The number of benzene rings is 1. The zero-order chi connectivity index (χ0) is 19.8. The Morgan fingerprint density at radius 3 is 2.41 bits per heavy atom. The van der Waals surface area contributed by atoms with E-state index >= 15 is 0 Å². The molecule has 6 nitrogen and oxygen atoms in total. The summed E-state index contributed by atoms with van der Waals surface area (Å²) >= 11 is 0. The lowest BCUT2D eigenvalue weighted by molar-refractivity contribution is 0.150. The van der Waals surface area contributed by atoms with E-state index in [1.807, 2.05) is 24.3 Å². The second-order valence-corrected chi connectivity index (χ2v) is 7.90. The summed E-state index contributed by atoms with van der Waals surface area (Å²) in [5.41, 5.74) is 0.852. The van der Waals surface area contributed by atoms with E-state index in [1.165, 1.54) is 38.8 Å². The lowest BCUT2D eigenvalue weighted by atomic mass is 10.0. The molecule has 1 atom stereocenters. The first-order chi connectivity index (χ1) is 13.7. The highest BCUT2D eigenvalue weighted by atomic mass is 127. The number of ether oxygens (including phenoxy) is 1. The zero-order valence-electron chi connectivity index (χ0n) is 17.8. The van der Waals surface area contributed by atoms with Crippen LogP contribution in [0.4, 0.5) is 0 Å². The predicted octanol–water partition coefficient (Wildman–Crippen LogP) is 3.31. The summed E-state index contributed by atoms with van der Waals surface area (Å²) in [6.45, 7) is 5.57. The number of hydrogen-bond acceptors (Lipinski definition) is 4. The fourth-order valence-electron chi connectivity index (χ4n) is 4.30. The number of guanidine groups is 1. The summed E-state index contributed by atoms with van der Waals surface area (Å²) in [6, 6.07) is 8.78. The van der Waals surface area contributed by atoms with Crippen molar-refractivity contribution in [3.63, 3.8) is 0 Å². The Morgan fingerprint density at radius 2 is 1.83 bits per heavy atom. The molecule has 1 saturated heterocycles. The highest BCUT2D eigenvalue weighted by Gasteiger charge is 2.27. The van der Waals surface area contributed by atoms with Crippen LogP contribution in [-0.2, 0) is 0 Å². The van der Waals surface area contributed by atoms with Crippen LogP contribution in [0.5, 0.6) is 5.75 Å². The SMILES string of the molecule is CCNC(=NCC(O)c1ccc(OC)cc1)NC1CCN(C2CCCC2)CC1.I. The number of aliphatic imine (C=N–C) groups is 1. The third-order valence-electron chi connectivity index (χ3n) is 5.98. The summed E-state index contributed by atoms with van der Waals surface area (Å²) in [6.07, 6.45) is 7.25. The molecule has 0 spiro atoms. The number of aliphatic hydroxyl groups excluding tert-OH is 1. The molecule has 1 saturated carbocycles. The van der Waals surface area contributed by atoms with Crippen molar-refractivity contribution in [2.75, 3.05) is 33.3 Å². The van der Waals surface area contributed by atoms with Crippen LogP contribution in [-0.4, -0.2) is 61.3 Å². The number of likely N-dealkylation sites (tertiary alicyclic amines) is 1. The first-order valence-corrected chi connectivity index (χ1v) is 10.8. The van der Waals surface area contributed by atoms with Crippen LogP contribution in [0.2, 0.25) is 0 Å². The second kappa shape index (κ2) is 12.6. The normalized spacial score (nSPS) is 20.2. The van der Waals surface area contributed by atoms with E-state index in [0.29, 0.717) is 12.6 Å². The Balaban J connectivity index is 0.00000300. The van der Waals surface area contributed by atoms with Gasteiger partial charge in [0.15, 0.2) is 5.96 Å². The van der Waals surface area contributed by atoms with Gasteiger partial charge in [-0.2, -0.15) is 0 Å². The number of rotatable bonds is 7. The molecule has 164 valence electrons. The van der Waals surface area contributed by atoms with Gasteiger partial charge in [0.2, 0.25) is 0 Å². The fraction of sp³-hybridized carbons (Fsp3) is 0.682. The van der Waals surface area contributed by atoms with E-state index in [2.05, 4.69) is 27.4 Å². The minimum Gasteiger partial charge on any atom is -0.497 e. The van der Waals surface area contributed by atoms with Crippen molar-refractivity contribution in [2.45, 2.75) is 63.6 Å². The molecule has 3 rings (SSSR count). The molecule has 1 aromatic carbocycles. The van der Waals surface area contributed by atoms with Crippen molar-refractivity contribution in [2.24, 2.45) is 4.99 Å². The van der Waals surface area contributed by atoms with Crippen molar-refractivity contribution in [1.29, 1.82) is 0 Å². The van der Waals surface area contributed by atoms with Gasteiger partial charge in [0.1, 0.15) is 5.75 Å². The van der Waals surface area contributed by atoms with Gasteiger partial charge in [-0.25, -0.2) is 0 Å². The van der Waals surface area contributed by atoms with Crippen molar-refractivity contribution >= 4 is 29.9 Å². The van der Waals surface area contributed by atoms with Gasteiger partial charge in [-0.15, -0.1) is 24.0 Å². The number of piperidine rings is 1. The number of methoxy groups -OCH3 is 1. The van der Waals surface area contributed by atoms with Gasteiger partial charge >= 0.3 is 0 Å².